The van der Waals surface area contributed by atoms with Crippen LogP contribution >= 0.6 is 0 Å². The van der Waals surface area contributed by atoms with E-state index in [0.29, 0.717) is 18.2 Å². The molecule has 0 atom stereocenters. The van der Waals surface area contributed by atoms with Crippen molar-refractivity contribution >= 4 is 39.8 Å². The van der Waals surface area contributed by atoms with E-state index in [1.807, 2.05) is 42.5 Å². The first-order chi connectivity index (χ1) is 18.0. The minimum absolute atomic E-state index is 0.243. The van der Waals surface area contributed by atoms with Crippen molar-refractivity contribution in [1.82, 2.24) is 24.3 Å². The van der Waals surface area contributed by atoms with Crippen LogP contribution in [0.4, 0.5) is 18.0 Å². The normalized spacial score (nSPS) is 13.2. The van der Waals surface area contributed by atoms with Gasteiger partial charge in [0.1, 0.15) is 5.69 Å². The van der Waals surface area contributed by atoms with Gasteiger partial charge in [-0.25, -0.2) is 9.59 Å². The Morgan fingerprint density at radius 1 is 1.08 bits per heavy atom. The molecular formula is C26H26F3N5O4. The number of benzene rings is 1. The van der Waals surface area contributed by atoms with E-state index < -0.39 is 12.1 Å². The molecule has 0 bridgehead atoms. The molecule has 1 aromatic carbocycles. The maximum Gasteiger partial charge on any atom is 0.490 e. The number of hydrogen-bond acceptors (Lipinski definition) is 4. The summed E-state index contributed by atoms with van der Waals surface area (Å²) >= 11 is 0. The second-order valence-corrected chi connectivity index (χ2v) is 9.15. The number of aliphatic carboxylic acids is 1. The predicted molar refractivity (Wildman–Crippen MR) is 134 cm³/mol. The molecule has 1 saturated carbocycles. The number of carbonyl (C=O) groups excluding carboxylic acids is 2. The number of para-hydroxylation sites is 1. The van der Waals surface area contributed by atoms with Crippen LogP contribution in [0.1, 0.15) is 29.0 Å². The number of carbonyl (C=O) groups is 3. The summed E-state index contributed by atoms with van der Waals surface area (Å²) < 4.78 is 35.5. The Kier molecular flexibility index (Phi) is 7.42. The largest absolute Gasteiger partial charge is 0.490 e. The zero-order chi connectivity index (χ0) is 27.6. The molecule has 0 saturated heterocycles. The van der Waals surface area contributed by atoms with Gasteiger partial charge in [-0.2, -0.15) is 13.2 Å². The van der Waals surface area contributed by atoms with Gasteiger partial charge in [-0.15, -0.1) is 0 Å². The molecule has 9 nitrogen and oxygen atoms in total. The molecular weight excluding hydrogens is 503 g/mol. The van der Waals surface area contributed by atoms with E-state index in [4.69, 9.17) is 9.90 Å². The SMILES string of the molecule is CN(C)C(=O)n1c(C(=O)NCc2ccccn2)cc2c1c1ccccc1n2CC1CC1.O=C(O)C(F)(F)F. The summed E-state index contributed by atoms with van der Waals surface area (Å²) in [7, 11) is 3.40. The number of carboxylic acids is 1. The quantitative estimate of drug-likeness (QED) is 0.396. The van der Waals surface area contributed by atoms with Crippen molar-refractivity contribution in [3.8, 4) is 0 Å². The van der Waals surface area contributed by atoms with Gasteiger partial charge in [0.05, 0.1) is 28.8 Å². The summed E-state index contributed by atoms with van der Waals surface area (Å²) in [5.41, 5.74) is 3.92. The first-order valence-electron chi connectivity index (χ1n) is 11.8. The van der Waals surface area contributed by atoms with Crippen LogP contribution in [0.5, 0.6) is 0 Å². The molecule has 0 spiro atoms. The fourth-order valence-corrected chi connectivity index (χ4v) is 4.09. The van der Waals surface area contributed by atoms with Gasteiger partial charge in [0.2, 0.25) is 0 Å². The molecule has 0 unspecified atom stereocenters. The molecule has 1 aliphatic rings. The minimum atomic E-state index is -5.08. The van der Waals surface area contributed by atoms with Crippen molar-refractivity contribution in [2.75, 3.05) is 14.1 Å². The van der Waals surface area contributed by atoms with Gasteiger partial charge in [-0.3, -0.25) is 14.3 Å². The smallest absolute Gasteiger partial charge is 0.475 e. The Morgan fingerprint density at radius 3 is 2.32 bits per heavy atom. The van der Waals surface area contributed by atoms with E-state index in [1.54, 1.807) is 24.9 Å². The third-order valence-electron chi connectivity index (χ3n) is 6.06. The van der Waals surface area contributed by atoms with Crippen LogP contribution in [0, 0.1) is 5.92 Å². The highest BCUT2D eigenvalue weighted by Crippen LogP contribution is 2.37. The van der Waals surface area contributed by atoms with Crippen LogP contribution in [0.25, 0.3) is 21.9 Å². The summed E-state index contributed by atoms with van der Waals surface area (Å²) in [6.45, 7) is 1.20. The molecule has 5 rings (SSSR count). The topological polar surface area (TPSA) is 109 Å². The van der Waals surface area contributed by atoms with Crippen molar-refractivity contribution in [2.24, 2.45) is 5.92 Å². The number of carboxylic acid groups (broad SMARTS) is 1. The standard InChI is InChI=1S/C24H25N5O2.C2HF3O2/c1-27(2)24(31)29-21(23(30)26-14-17-7-5-6-12-25-17)13-20-22(29)18-8-3-4-9-19(18)28(20)15-16-10-11-16;3-2(4,5)1(6)7/h3-9,12-13,16H,10-11,14-15H2,1-2H3,(H,26,30);(H,6,7). The summed E-state index contributed by atoms with van der Waals surface area (Å²) in [4.78, 5) is 41.0. The van der Waals surface area contributed by atoms with E-state index >= 15 is 0 Å². The van der Waals surface area contributed by atoms with E-state index in [-0.39, 0.29) is 11.9 Å². The summed E-state index contributed by atoms with van der Waals surface area (Å²) in [5.74, 6) is -2.39. The van der Waals surface area contributed by atoms with Crippen molar-refractivity contribution in [1.29, 1.82) is 0 Å². The third kappa shape index (κ3) is 5.63. The van der Waals surface area contributed by atoms with Crippen LogP contribution < -0.4 is 5.32 Å². The molecule has 200 valence electrons. The number of alkyl halides is 3. The summed E-state index contributed by atoms with van der Waals surface area (Å²) in [6, 6.07) is 15.3. The molecule has 3 aromatic heterocycles. The first-order valence-corrected chi connectivity index (χ1v) is 11.8. The molecule has 1 fully saturated rings. The number of pyridine rings is 1. The van der Waals surface area contributed by atoms with Crippen LogP contribution in [0.3, 0.4) is 0 Å². The minimum Gasteiger partial charge on any atom is -0.475 e. The number of aromatic nitrogens is 3. The fraction of sp³-hybridized carbons (Fsp3) is 0.308. The number of fused-ring (bicyclic) bond motifs is 3. The third-order valence-corrected chi connectivity index (χ3v) is 6.06. The lowest BCUT2D eigenvalue weighted by atomic mass is 10.2. The monoisotopic (exact) mass is 529 g/mol. The second kappa shape index (κ2) is 10.6. The van der Waals surface area contributed by atoms with E-state index in [1.165, 1.54) is 17.7 Å². The number of hydrogen-bond donors (Lipinski definition) is 2. The molecule has 38 heavy (non-hydrogen) atoms. The molecule has 2 N–H and O–H groups in total. The van der Waals surface area contributed by atoms with Crippen molar-refractivity contribution in [2.45, 2.75) is 32.1 Å². The number of halogens is 3. The van der Waals surface area contributed by atoms with E-state index in [2.05, 4.69) is 20.9 Å². The Morgan fingerprint density at radius 2 is 1.74 bits per heavy atom. The molecule has 0 aliphatic heterocycles. The Labute approximate surface area is 215 Å². The number of nitrogens with zero attached hydrogens (tertiary/aromatic N) is 4. The molecule has 2 amide bonds. The highest BCUT2D eigenvalue weighted by Gasteiger charge is 2.38. The van der Waals surface area contributed by atoms with Crippen molar-refractivity contribution in [3.63, 3.8) is 0 Å². The lowest BCUT2D eigenvalue weighted by molar-refractivity contribution is -0.192. The van der Waals surface area contributed by atoms with Gasteiger partial charge in [0.25, 0.3) is 5.91 Å². The summed E-state index contributed by atoms with van der Waals surface area (Å²) in [6.07, 6.45) is -0.938. The van der Waals surface area contributed by atoms with Crippen molar-refractivity contribution in [3.05, 3.63) is 66.1 Å². The van der Waals surface area contributed by atoms with Gasteiger partial charge in [0, 0.05) is 32.2 Å². The van der Waals surface area contributed by atoms with Crippen LogP contribution in [0.2, 0.25) is 0 Å². The molecule has 1 aliphatic carbocycles. The number of amides is 2. The molecule has 4 aromatic rings. The first kappa shape index (κ1) is 26.7. The molecule has 0 radical (unpaired) electrons. The highest BCUT2D eigenvalue weighted by molar-refractivity contribution is 6.14. The van der Waals surface area contributed by atoms with Crippen LogP contribution in [-0.2, 0) is 17.9 Å². The predicted octanol–water partition coefficient (Wildman–Crippen LogP) is 4.49. The number of rotatable bonds is 5. The maximum atomic E-state index is 13.2. The highest BCUT2D eigenvalue weighted by atomic mass is 19.4. The maximum absolute atomic E-state index is 13.2. The zero-order valence-electron chi connectivity index (χ0n) is 20.7. The van der Waals surface area contributed by atoms with Gasteiger partial charge in [-0.1, -0.05) is 24.3 Å². The average molecular weight is 530 g/mol. The molecule has 12 heteroatoms. The van der Waals surface area contributed by atoms with Gasteiger partial charge in [0.15, 0.2) is 0 Å². The number of nitrogens with one attached hydrogen (secondary N) is 1. The Bertz CT molecular complexity index is 1490. The van der Waals surface area contributed by atoms with Crippen molar-refractivity contribution < 1.29 is 32.7 Å². The Hall–Kier alpha value is -4.35. The molecule has 3 heterocycles. The average Bonchev–Trinajstić information content (AvgIpc) is 3.55. The summed E-state index contributed by atoms with van der Waals surface area (Å²) in [5, 5.41) is 11.0. The van der Waals surface area contributed by atoms with E-state index in [9.17, 15) is 22.8 Å². The van der Waals surface area contributed by atoms with Gasteiger partial charge < -0.3 is 19.9 Å². The fourth-order valence-electron chi connectivity index (χ4n) is 4.09. The lowest BCUT2D eigenvalue weighted by Crippen LogP contribution is -2.33. The second-order valence-electron chi connectivity index (χ2n) is 9.15. The lowest BCUT2D eigenvalue weighted by Gasteiger charge is -2.15. The van der Waals surface area contributed by atoms with Gasteiger partial charge in [-0.05, 0) is 43.0 Å². The van der Waals surface area contributed by atoms with E-state index in [0.717, 1.165) is 34.2 Å². The van der Waals surface area contributed by atoms with Crippen LogP contribution in [0.15, 0.2) is 54.7 Å². The zero-order valence-corrected chi connectivity index (χ0v) is 20.7. The van der Waals surface area contributed by atoms with Gasteiger partial charge >= 0.3 is 18.2 Å². The van der Waals surface area contributed by atoms with Crippen LogP contribution in [-0.4, -0.2) is 62.3 Å². The Balaban J connectivity index is 0.000000426.